The highest BCUT2D eigenvalue weighted by molar-refractivity contribution is 7.98. The molecule has 0 aliphatic heterocycles. The van der Waals surface area contributed by atoms with Gasteiger partial charge in [-0.05, 0) is 52.6 Å². The van der Waals surface area contributed by atoms with Gasteiger partial charge >= 0.3 is 0 Å². The van der Waals surface area contributed by atoms with Crippen molar-refractivity contribution in [2.45, 2.75) is 46.2 Å². The van der Waals surface area contributed by atoms with Crippen molar-refractivity contribution in [2.75, 3.05) is 32.1 Å². The minimum absolute atomic E-state index is 0.645. The highest BCUT2D eigenvalue weighted by Crippen LogP contribution is 2.13. The molecule has 0 aliphatic rings. The molecule has 3 heteroatoms. The number of hydrogen-bond donors (Lipinski definition) is 1. The van der Waals surface area contributed by atoms with Crippen molar-refractivity contribution < 1.29 is 0 Å². The molecule has 0 aromatic heterocycles. The van der Waals surface area contributed by atoms with Crippen LogP contribution in [0.1, 0.15) is 34.1 Å². The lowest BCUT2D eigenvalue weighted by molar-refractivity contribution is 0.161. The molecule has 0 radical (unpaired) electrons. The Morgan fingerprint density at radius 2 is 1.88 bits per heavy atom. The first kappa shape index (κ1) is 16.3. The van der Waals surface area contributed by atoms with E-state index in [2.05, 4.69) is 51.2 Å². The average Bonchev–Trinajstić information content (AvgIpc) is 2.27. The SMILES string of the molecule is CCCNCC(C)C(C)N(C)C(C)CSC. The summed E-state index contributed by atoms with van der Waals surface area (Å²) in [4.78, 5) is 2.51. The number of nitrogens with zero attached hydrogens (tertiary/aromatic N) is 1. The largest absolute Gasteiger partial charge is 0.316 e. The molecule has 0 spiro atoms. The van der Waals surface area contributed by atoms with Crippen molar-refractivity contribution in [2.24, 2.45) is 5.92 Å². The van der Waals surface area contributed by atoms with Gasteiger partial charge in [0.15, 0.2) is 0 Å². The first-order valence-corrected chi connectivity index (χ1v) is 7.85. The summed E-state index contributed by atoms with van der Waals surface area (Å²) in [6, 6.07) is 1.31. The molecular formula is C13H30N2S. The maximum Gasteiger partial charge on any atom is 0.0157 e. The Bertz CT molecular complexity index is 164. The third-order valence-electron chi connectivity index (χ3n) is 3.46. The Balaban J connectivity index is 3.94. The van der Waals surface area contributed by atoms with E-state index in [0.29, 0.717) is 18.0 Å². The van der Waals surface area contributed by atoms with E-state index in [-0.39, 0.29) is 0 Å². The van der Waals surface area contributed by atoms with E-state index < -0.39 is 0 Å². The van der Waals surface area contributed by atoms with Crippen LogP contribution in [-0.4, -0.2) is 49.1 Å². The number of hydrogen-bond acceptors (Lipinski definition) is 3. The number of nitrogens with one attached hydrogen (secondary N) is 1. The van der Waals surface area contributed by atoms with Gasteiger partial charge in [0.2, 0.25) is 0 Å². The monoisotopic (exact) mass is 246 g/mol. The Kier molecular flexibility index (Phi) is 9.47. The van der Waals surface area contributed by atoms with Crippen LogP contribution < -0.4 is 5.32 Å². The van der Waals surface area contributed by atoms with Gasteiger partial charge in [0, 0.05) is 17.8 Å². The summed E-state index contributed by atoms with van der Waals surface area (Å²) in [6.45, 7) is 11.5. The lowest BCUT2D eigenvalue weighted by atomic mass is 10.0. The molecule has 3 atom stereocenters. The van der Waals surface area contributed by atoms with Crippen LogP contribution in [0.25, 0.3) is 0 Å². The highest BCUT2D eigenvalue weighted by Gasteiger charge is 2.20. The lowest BCUT2D eigenvalue weighted by Gasteiger charge is -2.34. The van der Waals surface area contributed by atoms with E-state index in [1.165, 1.54) is 12.2 Å². The van der Waals surface area contributed by atoms with Gasteiger partial charge in [-0.3, -0.25) is 4.90 Å². The van der Waals surface area contributed by atoms with Gasteiger partial charge in [0.25, 0.3) is 0 Å². The molecule has 3 unspecified atom stereocenters. The molecule has 0 amide bonds. The Morgan fingerprint density at radius 1 is 1.25 bits per heavy atom. The second-order valence-electron chi connectivity index (χ2n) is 4.89. The maximum atomic E-state index is 3.51. The molecule has 0 rings (SSSR count). The number of thioether (sulfide) groups is 1. The van der Waals surface area contributed by atoms with Crippen molar-refractivity contribution in [3.8, 4) is 0 Å². The molecule has 0 aliphatic carbocycles. The van der Waals surface area contributed by atoms with E-state index in [4.69, 9.17) is 0 Å². The van der Waals surface area contributed by atoms with Gasteiger partial charge < -0.3 is 5.32 Å². The van der Waals surface area contributed by atoms with Gasteiger partial charge in [0.05, 0.1) is 0 Å². The van der Waals surface area contributed by atoms with Crippen LogP contribution in [0, 0.1) is 5.92 Å². The van der Waals surface area contributed by atoms with Crippen LogP contribution in [0.4, 0.5) is 0 Å². The predicted molar refractivity (Wildman–Crippen MR) is 77.4 cm³/mol. The van der Waals surface area contributed by atoms with Crippen LogP contribution in [0.3, 0.4) is 0 Å². The molecular weight excluding hydrogens is 216 g/mol. The molecule has 98 valence electrons. The molecule has 2 nitrogen and oxygen atoms in total. The van der Waals surface area contributed by atoms with Gasteiger partial charge in [-0.2, -0.15) is 11.8 Å². The van der Waals surface area contributed by atoms with Gasteiger partial charge in [-0.15, -0.1) is 0 Å². The quantitative estimate of drug-likeness (QED) is 0.630. The Labute approximate surface area is 107 Å². The smallest absolute Gasteiger partial charge is 0.0157 e. The normalized spacial score (nSPS) is 17.4. The first-order chi connectivity index (χ1) is 7.54. The molecule has 1 N–H and O–H groups in total. The summed E-state index contributed by atoms with van der Waals surface area (Å²) in [5, 5.41) is 3.51. The molecule has 0 saturated heterocycles. The molecule has 0 aromatic carbocycles. The van der Waals surface area contributed by atoms with Crippen LogP contribution in [0.15, 0.2) is 0 Å². The zero-order valence-corrected chi connectivity index (χ0v) is 12.7. The average molecular weight is 246 g/mol. The fourth-order valence-electron chi connectivity index (χ4n) is 1.84. The van der Waals surface area contributed by atoms with E-state index in [1.807, 2.05) is 11.8 Å². The highest BCUT2D eigenvalue weighted by atomic mass is 32.2. The summed E-state index contributed by atoms with van der Waals surface area (Å²) in [5.41, 5.74) is 0. The van der Waals surface area contributed by atoms with E-state index >= 15 is 0 Å². The van der Waals surface area contributed by atoms with Gasteiger partial charge in [0.1, 0.15) is 0 Å². The third kappa shape index (κ3) is 6.12. The van der Waals surface area contributed by atoms with Crippen molar-refractivity contribution in [3.05, 3.63) is 0 Å². The van der Waals surface area contributed by atoms with Crippen LogP contribution in [-0.2, 0) is 0 Å². The summed E-state index contributed by atoms with van der Waals surface area (Å²) in [6.07, 6.45) is 3.40. The van der Waals surface area contributed by atoms with Crippen LogP contribution in [0.2, 0.25) is 0 Å². The minimum atomic E-state index is 0.645. The van der Waals surface area contributed by atoms with Crippen molar-refractivity contribution in [3.63, 3.8) is 0 Å². The molecule has 0 saturated carbocycles. The first-order valence-electron chi connectivity index (χ1n) is 6.46. The predicted octanol–water partition coefficient (Wildman–Crippen LogP) is 2.69. The van der Waals surface area contributed by atoms with E-state index in [9.17, 15) is 0 Å². The standard InChI is InChI=1S/C13H30N2S/c1-7-8-14-9-11(2)13(4)15(5)12(3)10-16-6/h11-14H,7-10H2,1-6H3. The van der Waals surface area contributed by atoms with Gasteiger partial charge in [-0.1, -0.05) is 13.8 Å². The summed E-state index contributed by atoms with van der Waals surface area (Å²) in [5.74, 6) is 1.93. The lowest BCUT2D eigenvalue weighted by Crippen LogP contribution is -2.44. The number of rotatable bonds is 9. The van der Waals surface area contributed by atoms with Crippen LogP contribution >= 0.6 is 11.8 Å². The Morgan fingerprint density at radius 3 is 2.38 bits per heavy atom. The molecule has 0 heterocycles. The van der Waals surface area contributed by atoms with Crippen molar-refractivity contribution in [1.82, 2.24) is 10.2 Å². The van der Waals surface area contributed by atoms with Gasteiger partial charge in [-0.25, -0.2) is 0 Å². The molecule has 0 bridgehead atoms. The molecule has 0 aromatic rings. The summed E-state index contributed by atoms with van der Waals surface area (Å²) in [7, 11) is 2.25. The van der Waals surface area contributed by atoms with Crippen molar-refractivity contribution >= 4 is 11.8 Å². The minimum Gasteiger partial charge on any atom is -0.316 e. The Hall–Kier alpha value is 0.270. The second-order valence-corrected chi connectivity index (χ2v) is 5.80. The van der Waals surface area contributed by atoms with Crippen LogP contribution in [0.5, 0.6) is 0 Å². The summed E-state index contributed by atoms with van der Waals surface area (Å²) < 4.78 is 0. The topological polar surface area (TPSA) is 15.3 Å². The zero-order chi connectivity index (χ0) is 12.6. The van der Waals surface area contributed by atoms with E-state index in [0.717, 1.165) is 13.1 Å². The molecule has 16 heavy (non-hydrogen) atoms. The maximum absolute atomic E-state index is 3.51. The second kappa shape index (κ2) is 9.32. The van der Waals surface area contributed by atoms with E-state index in [1.54, 1.807) is 0 Å². The molecule has 0 fully saturated rings. The zero-order valence-electron chi connectivity index (χ0n) is 11.9. The fourth-order valence-corrected chi connectivity index (χ4v) is 2.56. The van der Waals surface area contributed by atoms with Crippen molar-refractivity contribution in [1.29, 1.82) is 0 Å². The third-order valence-corrected chi connectivity index (χ3v) is 4.28. The fraction of sp³-hybridized carbons (Fsp3) is 1.00. The summed E-state index contributed by atoms with van der Waals surface area (Å²) >= 11 is 1.93.